The molecule has 0 bridgehead atoms. The molecule has 0 radical (unpaired) electrons. The summed E-state index contributed by atoms with van der Waals surface area (Å²) >= 11 is 0. The topological polar surface area (TPSA) is 50.7 Å². The highest BCUT2D eigenvalue weighted by molar-refractivity contribution is 6.02. The molecule has 0 atom stereocenters. The number of benzene rings is 2. The van der Waals surface area contributed by atoms with Crippen LogP contribution in [-0.4, -0.2) is 18.2 Å². The highest BCUT2D eigenvalue weighted by Crippen LogP contribution is 2.09. The van der Waals surface area contributed by atoms with Crippen molar-refractivity contribution in [3.8, 4) is 5.75 Å². The Balaban J connectivity index is 1.95. The lowest BCUT2D eigenvalue weighted by atomic mass is 10.0. The maximum absolute atomic E-state index is 11.8. The highest BCUT2D eigenvalue weighted by Gasteiger charge is 2.09. The Morgan fingerprint density at radius 1 is 1.05 bits per heavy atom. The molecule has 22 heavy (non-hydrogen) atoms. The van der Waals surface area contributed by atoms with Crippen molar-refractivity contribution >= 4 is 11.6 Å². The van der Waals surface area contributed by atoms with Crippen LogP contribution in [0.3, 0.4) is 0 Å². The van der Waals surface area contributed by atoms with Crippen molar-refractivity contribution < 1.29 is 9.53 Å². The lowest BCUT2D eigenvalue weighted by Crippen LogP contribution is -2.27. The van der Waals surface area contributed by atoms with Gasteiger partial charge in [0.05, 0.1) is 5.71 Å². The van der Waals surface area contributed by atoms with Crippen molar-refractivity contribution in [3.63, 3.8) is 0 Å². The van der Waals surface area contributed by atoms with Gasteiger partial charge in [-0.05, 0) is 23.6 Å². The fraction of sp³-hybridized carbons (Fsp3) is 0.222. The first-order valence-corrected chi connectivity index (χ1v) is 7.26. The van der Waals surface area contributed by atoms with Crippen molar-refractivity contribution in [1.29, 1.82) is 0 Å². The molecule has 2 rings (SSSR count). The summed E-state index contributed by atoms with van der Waals surface area (Å²) in [7, 11) is 0. The number of nitrogens with one attached hydrogen (secondary N) is 1. The van der Waals surface area contributed by atoms with Crippen LogP contribution in [-0.2, 0) is 4.79 Å². The van der Waals surface area contributed by atoms with Gasteiger partial charge in [-0.25, -0.2) is 5.43 Å². The molecular weight excluding hydrogens is 276 g/mol. The summed E-state index contributed by atoms with van der Waals surface area (Å²) in [6.45, 7) is 4.02. The standard InChI is InChI=1S/C18H20N2O2/c1-14(2)18(15-9-5-3-6-10-15)20-19-17(21)13-22-16-11-7-4-8-12-16/h3-12,14H,13H2,1-2H3,(H,19,21)/b20-18+. The Morgan fingerprint density at radius 3 is 2.23 bits per heavy atom. The van der Waals surface area contributed by atoms with E-state index in [0.717, 1.165) is 11.3 Å². The molecule has 0 aliphatic heterocycles. The van der Waals surface area contributed by atoms with Crippen LogP contribution < -0.4 is 10.2 Å². The molecule has 1 amide bonds. The van der Waals surface area contributed by atoms with E-state index in [-0.39, 0.29) is 18.4 Å². The third-order valence-electron chi connectivity index (χ3n) is 3.03. The zero-order valence-corrected chi connectivity index (χ0v) is 12.8. The van der Waals surface area contributed by atoms with Gasteiger partial charge < -0.3 is 4.74 Å². The second-order valence-electron chi connectivity index (χ2n) is 5.15. The van der Waals surface area contributed by atoms with Crippen LogP contribution in [0, 0.1) is 5.92 Å². The van der Waals surface area contributed by atoms with E-state index in [0.29, 0.717) is 5.75 Å². The zero-order chi connectivity index (χ0) is 15.8. The summed E-state index contributed by atoms with van der Waals surface area (Å²) in [6.07, 6.45) is 0. The van der Waals surface area contributed by atoms with Crippen LogP contribution in [0.1, 0.15) is 19.4 Å². The monoisotopic (exact) mass is 296 g/mol. The van der Waals surface area contributed by atoms with Gasteiger partial charge in [0.2, 0.25) is 0 Å². The smallest absolute Gasteiger partial charge is 0.277 e. The normalized spacial score (nSPS) is 11.3. The Morgan fingerprint density at radius 2 is 1.64 bits per heavy atom. The lowest BCUT2D eigenvalue weighted by Gasteiger charge is -2.11. The number of hydrogen-bond acceptors (Lipinski definition) is 3. The van der Waals surface area contributed by atoms with E-state index >= 15 is 0 Å². The van der Waals surface area contributed by atoms with E-state index in [1.807, 2.05) is 62.4 Å². The molecule has 0 saturated carbocycles. The van der Waals surface area contributed by atoms with Gasteiger partial charge in [0, 0.05) is 0 Å². The quantitative estimate of drug-likeness (QED) is 0.657. The van der Waals surface area contributed by atoms with Gasteiger partial charge in [0.25, 0.3) is 5.91 Å². The van der Waals surface area contributed by atoms with Crippen LogP contribution in [0.2, 0.25) is 0 Å². The number of amides is 1. The van der Waals surface area contributed by atoms with Gasteiger partial charge in [-0.3, -0.25) is 4.79 Å². The Labute approximate surface area is 130 Å². The first-order valence-electron chi connectivity index (χ1n) is 7.26. The van der Waals surface area contributed by atoms with Crippen LogP contribution in [0.4, 0.5) is 0 Å². The number of nitrogens with zero attached hydrogens (tertiary/aromatic N) is 1. The molecule has 0 aliphatic rings. The fourth-order valence-corrected chi connectivity index (χ4v) is 1.96. The maximum Gasteiger partial charge on any atom is 0.277 e. The van der Waals surface area contributed by atoms with Crippen LogP contribution in [0.5, 0.6) is 5.75 Å². The maximum atomic E-state index is 11.8. The second-order valence-corrected chi connectivity index (χ2v) is 5.15. The number of hydrogen-bond donors (Lipinski definition) is 1. The number of carbonyl (C=O) groups is 1. The molecule has 4 nitrogen and oxygen atoms in total. The van der Waals surface area contributed by atoms with Gasteiger partial charge in [-0.15, -0.1) is 0 Å². The average molecular weight is 296 g/mol. The minimum Gasteiger partial charge on any atom is -0.484 e. The van der Waals surface area contributed by atoms with Gasteiger partial charge in [-0.1, -0.05) is 62.4 Å². The molecule has 0 aliphatic carbocycles. The number of para-hydroxylation sites is 1. The molecule has 114 valence electrons. The molecule has 0 fully saturated rings. The van der Waals surface area contributed by atoms with Crippen LogP contribution in [0.15, 0.2) is 65.8 Å². The molecule has 0 unspecified atom stereocenters. The van der Waals surface area contributed by atoms with Crippen LogP contribution >= 0.6 is 0 Å². The van der Waals surface area contributed by atoms with Crippen molar-refractivity contribution in [1.82, 2.24) is 5.43 Å². The first kappa shape index (κ1) is 15.8. The molecule has 0 saturated heterocycles. The largest absolute Gasteiger partial charge is 0.484 e. The summed E-state index contributed by atoms with van der Waals surface area (Å²) in [5.41, 5.74) is 4.40. The first-order chi connectivity index (χ1) is 10.7. The van der Waals surface area contributed by atoms with Crippen molar-refractivity contribution in [2.45, 2.75) is 13.8 Å². The average Bonchev–Trinajstić information content (AvgIpc) is 2.55. The second kappa shape index (κ2) is 7.98. The summed E-state index contributed by atoms with van der Waals surface area (Å²) in [6, 6.07) is 19.0. The molecule has 2 aromatic rings. The summed E-state index contributed by atoms with van der Waals surface area (Å²) in [4.78, 5) is 11.8. The minimum atomic E-state index is -0.280. The van der Waals surface area contributed by atoms with Gasteiger partial charge in [-0.2, -0.15) is 5.10 Å². The Bertz CT molecular complexity index is 622. The molecule has 0 heterocycles. The SMILES string of the molecule is CC(C)/C(=N\NC(=O)COc1ccccc1)c1ccccc1. The Hall–Kier alpha value is -2.62. The minimum absolute atomic E-state index is 0.0618. The van der Waals surface area contributed by atoms with Crippen molar-refractivity contribution in [2.75, 3.05) is 6.61 Å². The number of carbonyl (C=O) groups excluding carboxylic acids is 1. The predicted octanol–water partition coefficient (Wildman–Crippen LogP) is 3.24. The molecule has 4 heteroatoms. The molecule has 0 aromatic heterocycles. The van der Waals surface area contributed by atoms with Crippen molar-refractivity contribution in [2.24, 2.45) is 11.0 Å². The third kappa shape index (κ3) is 4.74. The third-order valence-corrected chi connectivity index (χ3v) is 3.03. The number of ether oxygens (including phenoxy) is 1. The van der Waals surface area contributed by atoms with Gasteiger partial charge >= 0.3 is 0 Å². The molecular formula is C18H20N2O2. The lowest BCUT2D eigenvalue weighted by molar-refractivity contribution is -0.123. The highest BCUT2D eigenvalue weighted by atomic mass is 16.5. The molecule has 1 N–H and O–H groups in total. The summed E-state index contributed by atoms with van der Waals surface area (Å²) in [5.74, 6) is 0.587. The van der Waals surface area contributed by atoms with Gasteiger partial charge in [0.1, 0.15) is 5.75 Å². The van der Waals surface area contributed by atoms with Crippen LogP contribution in [0.25, 0.3) is 0 Å². The number of hydrazone groups is 1. The predicted molar refractivity (Wildman–Crippen MR) is 87.9 cm³/mol. The van der Waals surface area contributed by atoms with E-state index in [9.17, 15) is 4.79 Å². The fourth-order valence-electron chi connectivity index (χ4n) is 1.96. The Kier molecular flexibility index (Phi) is 5.72. The summed E-state index contributed by atoms with van der Waals surface area (Å²) < 4.78 is 5.38. The van der Waals surface area contributed by atoms with Crippen molar-refractivity contribution in [3.05, 3.63) is 66.2 Å². The number of rotatable bonds is 6. The van der Waals surface area contributed by atoms with Gasteiger partial charge in [0.15, 0.2) is 6.61 Å². The van der Waals surface area contributed by atoms with E-state index < -0.39 is 0 Å². The van der Waals surface area contributed by atoms with E-state index in [4.69, 9.17) is 4.74 Å². The summed E-state index contributed by atoms with van der Waals surface area (Å²) in [5, 5.41) is 4.24. The van der Waals surface area contributed by atoms with E-state index in [2.05, 4.69) is 10.5 Å². The molecule has 2 aromatic carbocycles. The zero-order valence-electron chi connectivity index (χ0n) is 12.8. The van der Waals surface area contributed by atoms with E-state index in [1.165, 1.54) is 0 Å². The van der Waals surface area contributed by atoms with E-state index in [1.54, 1.807) is 12.1 Å². The molecule has 0 spiro atoms.